The fourth-order valence-corrected chi connectivity index (χ4v) is 9.85. The molecule has 9 rings (SSSR count). The van der Waals surface area contributed by atoms with Gasteiger partial charge in [0.15, 0.2) is 0 Å². The fourth-order valence-electron chi connectivity index (χ4n) is 9.85. The van der Waals surface area contributed by atoms with E-state index in [9.17, 15) is 0 Å². The molecule has 0 spiro atoms. The van der Waals surface area contributed by atoms with Crippen LogP contribution in [0.25, 0.3) is 90.9 Å². The lowest BCUT2D eigenvalue weighted by Gasteiger charge is -2.24. The quantitative estimate of drug-likeness (QED) is 0.159. The van der Waals surface area contributed by atoms with Crippen molar-refractivity contribution in [2.75, 3.05) is 14.2 Å². The van der Waals surface area contributed by atoms with Gasteiger partial charge in [-0.3, -0.25) is 0 Å². The zero-order chi connectivity index (χ0) is 49.9. The first-order valence-electron chi connectivity index (χ1n) is 24.8. The Morgan fingerprint density at radius 2 is 0.614 bits per heavy atom. The van der Waals surface area contributed by atoms with Gasteiger partial charge >= 0.3 is 0 Å². The van der Waals surface area contributed by atoms with Gasteiger partial charge in [0.2, 0.25) is 0 Å². The van der Waals surface area contributed by atoms with Crippen molar-refractivity contribution in [2.24, 2.45) is 0 Å². The van der Waals surface area contributed by atoms with Crippen LogP contribution in [-0.4, -0.2) is 34.2 Å². The molecule has 6 nitrogen and oxygen atoms in total. The summed E-state index contributed by atoms with van der Waals surface area (Å²) in [4.78, 5) is 19.2. The van der Waals surface area contributed by atoms with Crippen molar-refractivity contribution >= 4 is 46.4 Å². The average molecular weight is 927 g/mol. The van der Waals surface area contributed by atoms with Crippen LogP contribution in [0.2, 0.25) is 0 Å². The van der Waals surface area contributed by atoms with Crippen molar-refractivity contribution in [1.82, 2.24) is 19.9 Å². The summed E-state index contributed by atoms with van der Waals surface area (Å²) in [5.41, 5.74) is 22.8. The lowest BCUT2D eigenvalue weighted by molar-refractivity contribution is 0.180. The summed E-state index contributed by atoms with van der Waals surface area (Å²) in [6, 6.07) is 40.5. The SMILES string of the molecule is COCc1cc(C(C)(C)C)cc(COC)c1-c1c2nc(c(-c3ccc(C(C)(C)C)cc3)c3ccc([nH]3)c(-c3ccc(C(C)(C)C)cc3)c3nc(c(-c4ccc(C(C)(C)C)cc4)c4ccc1[nH]4)C=C3)C=C2. The van der Waals surface area contributed by atoms with E-state index in [4.69, 9.17) is 19.4 Å². The number of aromatic amines is 2. The maximum atomic E-state index is 6.03. The predicted molar refractivity (Wildman–Crippen MR) is 297 cm³/mol. The van der Waals surface area contributed by atoms with Crippen molar-refractivity contribution in [2.45, 2.75) is 118 Å². The van der Waals surface area contributed by atoms with Gasteiger partial charge in [0.25, 0.3) is 0 Å². The predicted octanol–water partition coefficient (Wildman–Crippen LogP) is 16.8. The van der Waals surface area contributed by atoms with E-state index in [-0.39, 0.29) is 21.7 Å². The molecule has 358 valence electrons. The number of benzene rings is 4. The first-order chi connectivity index (χ1) is 33.1. The molecule has 0 radical (unpaired) electrons. The van der Waals surface area contributed by atoms with Gasteiger partial charge in [-0.15, -0.1) is 0 Å². The Balaban J connectivity index is 1.47. The summed E-state index contributed by atoms with van der Waals surface area (Å²) in [7, 11) is 3.54. The number of fused-ring (bicyclic) bond motifs is 8. The van der Waals surface area contributed by atoms with Crippen LogP contribution in [0.1, 0.15) is 139 Å². The second-order valence-electron chi connectivity index (χ2n) is 23.3. The van der Waals surface area contributed by atoms with Gasteiger partial charge in [-0.25, -0.2) is 9.97 Å². The van der Waals surface area contributed by atoms with Crippen LogP contribution < -0.4 is 0 Å². The number of nitrogens with zero attached hydrogens (tertiary/aromatic N) is 2. The minimum Gasteiger partial charge on any atom is -0.380 e. The first-order valence-corrected chi connectivity index (χ1v) is 24.8. The molecule has 3 aromatic heterocycles. The number of rotatable bonds is 8. The maximum Gasteiger partial charge on any atom is 0.0737 e. The summed E-state index contributed by atoms with van der Waals surface area (Å²) in [5, 5.41) is 0. The van der Waals surface area contributed by atoms with E-state index >= 15 is 0 Å². The molecule has 0 amide bonds. The highest BCUT2D eigenvalue weighted by Crippen LogP contribution is 2.43. The van der Waals surface area contributed by atoms with E-state index in [1.54, 1.807) is 14.2 Å². The number of H-pyrrole nitrogens is 2. The molecule has 2 aliphatic heterocycles. The van der Waals surface area contributed by atoms with Gasteiger partial charge in [0, 0.05) is 58.5 Å². The maximum absolute atomic E-state index is 6.03. The second kappa shape index (κ2) is 18.3. The Morgan fingerprint density at radius 1 is 0.343 bits per heavy atom. The van der Waals surface area contributed by atoms with Crippen LogP contribution in [0, 0.1) is 0 Å². The van der Waals surface area contributed by atoms with Crippen molar-refractivity contribution in [3.05, 3.63) is 165 Å². The molecule has 6 heteroatoms. The summed E-state index contributed by atoms with van der Waals surface area (Å²) >= 11 is 0. The van der Waals surface area contributed by atoms with E-state index in [1.807, 2.05) is 0 Å². The zero-order valence-corrected chi connectivity index (χ0v) is 43.8. The van der Waals surface area contributed by atoms with E-state index in [0.717, 1.165) is 100 Å². The molecule has 8 bridgehead atoms. The van der Waals surface area contributed by atoms with Crippen LogP contribution in [0.5, 0.6) is 0 Å². The highest BCUT2D eigenvalue weighted by atomic mass is 16.5. The van der Waals surface area contributed by atoms with Crippen molar-refractivity contribution in [1.29, 1.82) is 0 Å². The van der Waals surface area contributed by atoms with Crippen LogP contribution in [-0.2, 0) is 44.3 Å². The normalized spacial score (nSPS) is 13.1. The van der Waals surface area contributed by atoms with E-state index in [1.165, 1.54) is 22.3 Å². The topological polar surface area (TPSA) is 75.8 Å². The van der Waals surface area contributed by atoms with Crippen LogP contribution >= 0.6 is 0 Å². The molecule has 7 aromatic rings. The molecule has 2 aliphatic rings. The average Bonchev–Trinajstić information content (AvgIpc) is 4.15. The highest BCUT2D eigenvalue weighted by molar-refractivity contribution is 6.00. The van der Waals surface area contributed by atoms with E-state index in [0.29, 0.717) is 13.2 Å². The van der Waals surface area contributed by atoms with Crippen LogP contribution in [0.3, 0.4) is 0 Å². The number of ether oxygens (including phenoxy) is 2. The van der Waals surface area contributed by atoms with Crippen molar-refractivity contribution in [3.63, 3.8) is 0 Å². The monoisotopic (exact) mass is 927 g/mol. The van der Waals surface area contributed by atoms with Gasteiger partial charge in [0.1, 0.15) is 0 Å². The summed E-state index contributed by atoms with van der Waals surface area (Å²) < 4.78 is 12.1. The van der Waals surface area contributed by atoms with E-state index in [2.05, 4.69) is 227 Å². The number of methoxy groups -OCH3 is 2. The third-order valence-corrected chi connectivity index (χ3v) is 13.9. The smallest absolute Gasteiger partial charge is 0.0737 e. The van der Waals surface area contributed by atoms with Gasteiger partial charge in [-0.05, 0) is 126 Å². The Bertz CT molecular complexity index is 3250. The molecule has 0 atom stereocenters. The number of hydrogen-bond acceptors (Lipinski definition) is 4. The van der Waals surface area contributed by atoms with Gasteiger partial charge in [-0.2, -0.15) is 0 Å². The molecule has 0 aliphatic carbocycles. The molecule has 4 aromatic carbocycles. The Labute approximate surface area is 416 Å². The summed E-state index contributed by atoms with van der Waals surface area (Å²) in [6.45, 7) is 27.9. The number of nitrogens with one attached hydrogen (secondary N) is 2. The minimum absolute atomic E-state index is 0.00108. The molecular weight excluding hydrogens is 857 g/mol. The largest absolute Gasteiger partial charge is 0.380 e. The standard InChI is InChI=1S/C64H70N4O2/c1-61(2,3)44-21-15-39(16-22-44)57-48-27-29-50(65-48)58(40-17-23-45(24-18-40)62(4,5)6)52-31-33-54(67-52)60(56-42(37-69-13)35-47(64(10,11)12)36-43(56)38-70-14)55-34-32-53(68-55)59(51-30-28-49(57)66-51)41-19-25-46(26-20-41)63(7,8)9/h15-36,65,68H,37-38H2,1-14H3. The van der Waals surface area contributed by atoms with Gasteiger partial charge in [0.05, 0.1) is 36.0 Å². The second-order valence-corrected chi connectivity index (χ2v) is 23.3. The third-order valence-electron chi connectivity index (χ3n) is 13.9. The Hall–Kier alpha value is -6.60. The minimum atomic E-state index is -0.105. The fraction of sp³-hybridized carbons (Fsp3) is 0.312. The summed E-state index contributed by atoms with van der Waals surface area (Å²) in [5.74, 6) is 0. The molecule has 0 unspecified atom stereocenters. The number of aromatic nitrogens is 4. The summed E-state index contributed by atoms with van der Waals surface area (Å²) in [6.07, 6.45) is 8.71. The molecule has 2 N–H and O–H groups in total. The Morgan fingerprint density at radius 3 is 0.886 bits per heavy atom. The highest BCUT2D eigenvalue weighted by Gasteiger charge is 2.26. The first kappa shape index (κ1) is 48.4. The molecular formula is C64H70N4O2. The zero-order valence-electron chi connectivity index (χ0n) is 43.8. The van der Waals surface area contributed by atoms with Crippen LogP contribution in [0.4, 0.5) is 0 Å². The van der Waals surface area contributed by atoms with Crippen LogP contribution in [0.15, 0.2) is 109 Å². The van der Waals surface area contributed by atoms with Gasteiger partial charge in [-0.1, -0.05) is 168 Å². The third kappa shape index (κ3) is 9.52. The molecule has 0 saturated heterocycles. The lowest BCUT2D eigenvalue weighted by atomic mass is 9.82. The van der Waals surface area contributed by atoms with E-state index < -0.39 is 0 Å². The number of hydrogen-bond donors (Lipinski definition) is 2. The molecule has 0 saturated carbocycles. The van der Waals surface area contributed by atoms with Crippen molar-refractivity contribution < 1.29 is 9.47 Å². The van der Waals surface area contributed by atoms with Crippen molar-refractivity contribution in [3.8, 4) is 44.5 Å². The molecule has 5 heterocycles. The van der Waals surface area contributed by atoms with Gasteiger partial charge < -0.3 is 19.4 Å². The molecule has 70 heavy (non-hydrogen) atoms. The lowest BCUT2D eigenvalue weighted by Crippen LogP contribution is -2.14. The molecule has 0 fully saturated rings. The Kier molecular flexibility index (Phi) is 12.7.